The Bertz CT molecular complexity index is 614. The van der Waals surface area contributed by atoms with E-state index in [-0.39, 0.29) is 0 Å². The molecule has 1 atom stereocenters. The van der Waals surface area contributed by atoms with Gasteiger partial charge in [0.1, 0.15) is 11.9 Å². The zero-order valence-electron chi connectivity index (χ0n) is 10.5. The minimum atomic E-state index is 0.412. The third-order valence-electron chi connectivity index (χ3n) is 3.65. The van der Waals surface area contributed by atoms with Crippen LogP contribution in [0.5, 0.6) is 0 Å². The van der Waals surface area contributed by atoms with E-state index in [9.17, 15) is 5.26 Å². The lowest BCUT2D eigenvalue weighted by atomic mass is 9.99. The number of imidazole rings is 1. The summed E-state index contributed by atoms with van der Waals surface area (Å²) < 4.78 is 2.14. The van der Waals surface area contributed by atoms with Crippen molar-refractivity contribution in [1.29, 1.82) is 5.26 Å². The second kappa shape index (κ2) is 4.43. The first kappa shape index (κ1) is 11.2. The van der Waals surface area contributed by atoms with Crippen LogP contribution in [0.4, 0.5) is 0 Å². The zero-order valence-corrected chi connectivity index (χ0v) is 10.5. The Balaban J connectivity index is 2.19. The van der Waals surface area contributed by atoms with Gasteiger partial charge in [0, 0.05) is 18.2 Å². The zero-order chi connectivity index (χ0) is 12.5. The van der Waals surface area contributed by atoms with Crippen LogP contribution in [-0.2, 0) is 0 Å². The number of hydrogen-bond acceptors (Lipinski definition) is 3. The summed E-state index contributed by atoms with van der Waals surface area (Å²) in [5, 5.41) is 12.6. The van der Waals surface area contributed by atoms with Gasteiger partial charge in [0.15, 0.2) is 5.69 Å². The van der Waals surface area contributed by atoms with Gasteiger partial charge in [-0.25, -0.2) is 4.98 Å². The molecule has 18 heavy (non-hydrogen) atoms. The number of piperidine rings is 1. The molecule has 2 aromatic rings. The molecule has 1 N–H and O–H groups in total. The topological polar surface area (TPSA) is 53.1 Å². The third kappa shape index (κ3) is 1.68. The van der Waals surface area contributed by atoms with Crippen LogP contribution in [0.2, 0.25) is 0 Å². The number of pyridine rings is 1. The quantitative estimate of drug-likeness (QED) is 0.829. The maximum absolute atomic E-state index is 9.20. The first-order valence-electron chi connectivity index (χ1n) is 6.40. The Morgan fingerprint density at radius 2 is 2.39 bits per heavy atom. The van der Waals surface area contributed by atoms with Gasteiger partial charge < -0.3 is 5.32 Å². The molecule has 0 saturated carbocycles. The molecule has 0 bridgehead atoms. The molecule has 3 rings (SSSR count). The molecule has 0 aliphatic carbocycles. The molecule has 0 aromatic carbocycles. The molecule has 3 heterocycles. The van der Waals surface area contributed by atoms with Gasteiger partial charge in [0.2, 0.25) is 0 Å². The van der Waals surface area contributed by atoms with Crippen LogP contribution in [0.1, 0.15) is 36.0 Å². The van der Waals surface area contributed by atoms with Crippen molar-refractivity contribution in [2.45, 2.75) is 25.7 Å². The Morgan fingerprint density at radius 3 is 3.11 bits per heavy atom. The highest BCUT2D eigenvalue weighted by Gasteiger charge is 2.22. The molecular formula is C14H16N4. The Kier molecular flexibility index (Phi) is 2.77. The summed E-state index contributed by atoms with van der Waals surface area (Å²) in [6.07, 6.45) is 2.32. The highest BCUT2D eigenvalue weighted by molar-refractivity contribution is 5.59. The Hall–Kier alpha value is -1.86. The van der Waals surface area contributed by atoms with Gasteiger partial charge in [-0.2, -0.15) is 5.26 Å². The van der Waals surface area contributed by atoms with Crippen molar-refractivity contribution >= 4 is 5.52 Å². The fourth-order valence-corrected chi connectivity index (χ4v) is 2.76. The van der Waals surface area contributed by atoms with E-state index in [1.807, 2.05) is 12.1 Å². The van der Waals surface area contributed by atoms with Crippen LogP contribution >= 0.6 is 0 Å². The number of fused-ring (bicyclic) bond motifs is 1. The molecule has 0 spiro atoms. The number of nitrogens with zero attached hydrogens (tertiary/aromatic N) is 3. The number of rotatable bonds is 1. The average molecular weight is 240 g/mol. The van der Waals surface area contributed by atoms with Crippen LogP contribution in [0.15, 0.2) is 18.2 Å². The molecule has 1 aliphatic heterocycles. The van der Waals surface area contributed by atoms with E-state index in [0.29, 0.717) is 11.6 Å². The van der Waals surface area contributed by atoms with Crippen LogP contribution in [0.25, 0.3) is 5.52 Å². The standard InChI is InChI=1S/C14H16N4/c1-10-4-2-6-13-12(8-15)17-14(18(10)13)11-5-3-7-16-9-11/h2,4,6,11,16H,3,5,7,9H2,1H3. The van der Waals surface area contributed by atoms with Gasteiger partial charge in [-0.05, 0) is 38.4 Å². The molecule has 1 saturated heterocycles. The molecule has 0 radical (unpaired) electrons. The lowest BCUT2D eigenvalue weighted by molar-refractivity contribution is 0.445. The maximum atomic E-state index is 9.20. The number of nitrogens with one attached hydrogen (secondary N) is 1. The second-order valence-corrected chi connectivity index (χ2v) is 4.86. The molecule has 1 fully saturated rings. The van der Waals surface area contributed by atoms with E-state index in [2.05, 4.69) is 33.8 Å². The number of aromatic nitrogens is 2. The number of nitriles is 1. The fourth-order valence-electron chi connectivity index (χ4n) is 2.76. The first-order valence-corrected chi connectivity index (χ1v) is 6.40. The fraction of sp³-hybridized carbons (Fsp3) is 0.429. The lowest BCUT2D eigenvalue weighted by Gasteiger charge is -2.22. The second-order valence-electron chi connectivity index (χ2n) is 4.86. The maximum Gasteiger partial charge on any atom is 0.166 e. The van der Waals surface area contributed by atoms with Crippen molar-refractivity contribution in [3.63, 3.8) is 0 Å². The summed E-state index contributed by atoms with van der Waals surface area (Å²) in [5.41, 5.74) is 2.61. The van der Waals surface area contributed by atoms with Crippen molar-refractivity contribution in [2.24, 2.45) is 0 Å². The largest absolute Gasteiger partial charge is 0.316 e. The summed E-state index contributed by atoms with van der Waals surface area (Å²) >= 11 is 0. The number of hydrogen-bond donors (Lipinski definition) is 1. The summed E-state index contributed by atoms with van der Waals surface area (Å²) in [6.45, 7) is 4.11. The molecule has 4 nitrogen and oxygen atoms in total. The third-order valence-corrected chi connectivity index (χ3v) is 3.65. The summed E-state index contributed by atoms with van der Waals surface area (Å²) in [6, 6.07) is 8.22. The van der Waals surface area contributed by atoms with Gasteiger partial charge in [0.25, 0.3) is 0 Å². The monoisotopic (exact) mass is 240 g/mol. The highest BCUT2D eigenvalue weighted by Crippen LogP contribution is 2.26. The smallest absolute Gasteiger partial charge is 0.166 e. The van der Waals surface area contributed by atoms with Crippen LogP contribution in [0, 0.1) is 18.3 Å². The van der Waals surface area contributed by atoms with E-state index < -0.39 is 0 Å². The van der Waals surface area contributed by atoms with E-state index in [4.69, 9.17) is 0 Å². The summed E-state index contributed by atoms with van der Waals surface area (Å²) in [4.78, 5) is 4.55. The van der Waals surface area contributed by atoms with Crippen LogP contribution in [0.3, 0.4) is 0 Å². The minimum absolute atomic E-state index is 0.412. The summed E-state index contributed by atoms with van der Waals surface area (Å²) in [5.74, 6) is 1.45. The van der Waals surface area contributed by atoms with Crippen molar-refractivity contribution in [3.05, 3.63) is 35.4 Å². The molecular weight excluding hydrogens is 224 g/mol. The normalized spacial score (nSPS) is 19.9. The lowest BCUT2D eigenvalue weighted by Crippen LogP contribution is -2.29. The average Bonchev–Trinajstić information content (AvgIpc) is 2.80. The van der Waals surface area contributed by atoms with E-state index >= 15 is 0 Å². The Labute approximate surface area is 106 Å². The van der Waals surface area contributed by atoms with Gasteiger partial charge in [-0.1, -0.05) is 6.07 Å². The molecule has 92 valence electrons. The van der Waals surface area contributed by atoms with E-state index in [0.717, 1.165) is 36.5 Å². The van der Waals surface area contributed by atoms with E-state index in [1.54, 1.807) is 0 Å². The predicted octanol–water partition coefficient (Wildman–Crippen LogP) is 1.98. The van der Waals surface area contributed by atoms with Crippen molar-refractivity contribution in [3.8, 4) is 6.07 Å². The molecule has 2 aromatic heterocycles. The van der Waals surface area contributed by atoms with Crippen LogP contribution < -0.4 is 5.32 Å². The van der Waals surface area contributed by atoms with Crippen LogP contribution in [-0.4, -0.2) is 22.5 Å². The minimum Gasteiger partial charge on any atom is -0.316 e. The predicted molar refractivity (Wildman–Crippen MR) is 69.5 cm³/mol. The Morgan fingerprint density at radius 1 is 1.50 bits per heavy atom. The van der Waals surface area contributed by atoms with Gasteiger partial charge in [0.05, 0.1) is 5.52 Å². The first-order chi connectivity index (χ1) is 8.81. The van der Waals surface area contributed by atoms with Crippen molar-refractivity contribution < 1.29 is 0 Å². The van der Waals surface area contributed by atoms with Gasteiger partial charge in [-0.15, -0.1) is 0 Å². The van der Waals surface area contributed by atoms with E-state index in [1.165, 1.54) is 6.42 Å². The van der Waals surface area contributed by atoms with Crippen molar-refractivity contribution in [1.82, 2.24) is 14.7 Å². The van der Waals surface area contributed by atoms with Gasteiger partial charge >= 0.3 is 0 Å². The SMILES string of the molecule is Cc1cccc2c(C#N)nc(C3CCCNC3)n12. The molecule has 1 aliphatic rings. The summed E-state index contributed by atoms with van der Waals surface area (Å²) in [7, 11) is 0. The molecule has 0 amide bonds. The highest BCUT2D eigenvalue weighted by atomic mass is 15.1. The number of aryl methyl sites for hydroxylation is 1. The van der Waals surface area contributed by atoms with Gasteiger partial charge in [-0.3, -0.25) is 4.40 Å². The van der Waals surface area contributed by atoms with Crippen molar-refractivity contribution in [2.75, 3.05) is 13.1 Å². The molecule has 4 heteroatoms. The molecule has 1 unspecified atom stereocenters.